The van der Waals surface area contributed by atoms with E-state index in [0.717, 1.165) is 6.54 Å². The van der Waals surface area contributed by atoms with Gasteiger partial charge in [0.25, 0.3) is 0 Å². The van der Waals surface area contributed by atoms with Crippen LogP contribution in [0.3, 0.4) is 0 Å². The molecule has 0 radical (unpaired) electrons. The molecule has 8 heteroatoms. The lowest BCUT2D eigenvalue weighted by Crippen LogP contribution is -2.52. The third-order valence-electron chi connectivity index (χ3n) is 4.89. The molecule has 1 aromatic carbocycles. The number of urea groups is 1. The molecule has 2 fully saturated rings. The Labute approximate surface area is 157 Å². The molecule has 1 heterocycles. The molecule has 1 aliphatic heterocycles. The zero-order valence-corrected chi connectivity index (χ0v) is 15.1. The van der Waals surface area contributed by atoms with Gasteiger partial charge in [0.15, 0.2) is 0 Å². The van der Waals surface area contributed by atoms with Gasteiger partial charge in [0.1, 0.15) is 11.9 Å². The van der Waals surface area contributed by atoms with Crippen LogP contribution in [0.2, 0.25) is 0 Å². The summed E-state index contributed by atoms with van der Waals surface area (Å²) in [6.45, 7) is 0.463. The number of hydrogen-bond acceptors (Lipinski definition) is 4. The number of anilines is 1. The number of benzene rings is 1. The summed E-state index contributed by atoms with van der Waals surface area (Å²) in [6, 6.07) is 4.73. The summed E-state index contributed by atoms with van der Waals surface area (Å²) >= 11 is 0. The molecule has 1 aromatic rings. The van der Waals surface area contributed by atoms with E-state index in [4.69, 9.17) is 4.74 Å². The number of ether oxygens (including phenoxy) is 1. The summed E-state index contributed by atoms with van der Waals surface area (Å²) in [7, 11) is 0. The smallest absolute Gasteiger partial charge is 0.319 e. The summed E-state index contributed by atoms with van der Waals surface area (Å²) in [6.07, 6.45) is 2.95. The molecular formula is C19H26FN3O4. The van der Waals surface area contributed by atoms with E-state index in [2.05, 4.69) is 16.0 Å². The number of carbonyl (C=O) groups is 2. The van der Waals surface area contributed by atoms with Gasteiger partial charge in [-0.15, -0.1) is 0 Å². The Morgan fingerprint density at radius 3 is 2.74 bits per heavy atom. The molecule has 2 aliphatic rings. The van der Waals surface area contributed by atoms with Crippen LogP contribution in [0.5, 0.6) is 0 Å². The Morgan fingerprint density at radius 1 is 1.22 bits per heavy atom. The first-order chi connectivity index (χ1) is 13.0. The maximum atomic E-state index is 13.2. The maximum Gasteiger partial charge on any atom is 0.319 e. The molecule has 0 bridgehead atoms. The molecule has 4 N–H and O–H groups in total. The Balaban J connectivity index is 1.44. The van der Waals surface area contributed by atoms with Crippen LogP contribution in [-0.2, 0) is 9.53 Å². The van der Waals surface area contributed by atoms with E-state index in [9.17, 15) is 19.1 Å². The van der Waals surface area contributed by atoms with Crippen molar-refractivity contribution in [2.24, 2.45) is 5.92 Å². The van der Waals surface area contributed by atoms with Gasteiger partial charge in [0.2, 0.25) is 5.91 Å². The first kappa shape index (κ1) is 19.6. The van der Waals surface area contributed by atoms with Gasteiger partial charge in [-0.25, -0.2) is 9.18 Å². The van der Waals surface area contributed by atoms with E-state index in [0.29, 0.717) is 24.4 Å². The molecule has 148 valence electrons. The van der Waals surface area contributed by atoms with Crippen LogP contribution in [0, 0.1) is 11.7 Å². The van der Waals surface area contributed by atoms with Gasteiger partial charge >= 0.3 is 6.03 Å². The Morgan fingerprint density at radius 2 is 2.04 bits per heavy atom. The number of carbonyl (C=O) groups excluding carboxylic acids is 2. The quantitative estimate of drug-likeness (QED) is 0.580. The molecule has 27 heavy (non-hydrogen) atoms. The number of halogens is 1. The van der Waals surface area contributed by atoms with Crippen molar-refractivity contribution in [3.63, 3.8) is 0 Å². The number of rotatable bonds is 7. The average Bonchev–Trinajstić information content (AvgIpc) is 3.45. The molecule has 3 rings (SSSR count). The first-order valence-electron chi connectivity index (χ1n) is 9.39. The van der Waals surface area contributed by atoms with Gasteiger partial charge in [-0.2, -0.15) is 0 Å². The molecular weight excluding hydrogens is 353 g/mol. The lowest BCUT2D eigenvalue weighted by atomic mass is 9.97. The molecule has 0 unspecified atom stereocenters. The SMILES string of the molecule is O=C(C[C@H]1CC[C@@H](NC(=O)Nc2cccc(F)c2)[C@@H](CO)O1)NCC1CC1. The van der Waals surface area contributed by atoms with Gasteiger partial charge in [-0.3, -0.25) is 4.79 Å². The van der Waals surface area contributed by atoms with E-state index >= 15 is 0 Å². The largest absolute Gasteiger partial charge is 0.394 e. The number of nitrogens with one attached hydrogen (secondary N) is 3. The fourth-order valence-corrected chi connectivity index (χ4v) is 3.21. The zero-order chi connectivity index (χ0) is 19.2. The first-order valence-corrected chi connectivity index (χ1v) is 9.39. The zero-order valence-electron chi connectivity index (χ0n) is 15.1. The molecule has 0 spiro atoms. The summed E-state index contributed by atoms with van der Waals surface area (Å²) in [5.41, 5.74) is 0.343. The molecule has 1 saturated heterocycles. The third kappa shape index (κ3) is 6.18. The highest BCUT2D eigenvalue weighted by Crippen LogP contribution is 2.28. The highest BCUT2D eigenvalue weighted by atomic mass is 19.1. The molecule has 1 aliphatic carbocycles. The molecule has 3 amide bonds. The van der Waals surface area contributed by atoms with Crippen molar-refractivity contribution in [2.75, 3.05) is 18.5 Å². The van der Waals surface area contributed by atoms with Crippen LogP contribution in [-0.4, -0.2) is 48.4 Å². The monoisotopic (exact) mass is 379 g/mol. The minimum Gasteiger partial charge on any atom is -0.394 e. The van der Waals surface area contributed by atoms with Crippen molar-refractivity contribution in [1.29, 1.82) is 0 Å². The summed E-state index contributed by atoms with van der Waals surface area (Å²) in [4.78, 5) is 24.1. The van der Waals surface area contributed by atoms with Crippen molar-refractivity contribution in [2.45, 2.75) is 50.4 Å². The molecule has 7 nitrogen and oxygen atoms in total. The van der Waals surface area contributed by atoms with Crippen LogP contribution in [0.1, 0.15) is 32.1 Å². The number of amides is 3. The maximum absolute atomic E-state index is 13.2. The Kier molecular flexibility index (Phi) is 6.63. The highest BCUT2D eigenvalue weighted by Gasteiger charge is 2.33. The number of aliphatic hydroxyl groups excluding tert-OH is 1. The molecule has 0 aromatic heterocycles. The summed E-state index contributed by atoms with van der Waals surface area (Å²) in [5, 5.41) is 17.8. The predicted molar refractivity (Wildman–Crippen MR) is 97.7 cm³/mol. The second-order valence-corrected chi connectivity index (χ2v) is 7.22. The lowest BCUT2D eigenvalue weighted by molar-refractivity contribution is -0.130. The number of aliphatic hydroxyl groups is 1. The Bertz CT molecular complexity index is 668. The van der Waals surface area contributed by atoms with Gasteiger partial charge in [-0.1, -0.05) is 6.07 Å². The standard InChI is InChI=1S/C19H26FN3O4/c20-13-2-1-3-14(8-13)22-19(26)23-16-7-6-15(27-17(16)11-24)9-18(25)21-10-12-4-5-12/h1-3,8,12,15-17,24H,4-7,9-11H2,(H,21,25)(H2,22,23,26)/t15-,16-,17-/m1/s1. The van der Waals surface area contributed by atoms with Gasteiger partial charge < -0.3 is 25.8 Å². The summed E-state index contributed by atoms with van der Waals surface area (Å²) in [5.74, 6) is 0.139. The van der Waals surface area contributed by atoms with Crippen LogP contribution >= 0.6 is 0 Å². The van der Waals surface area contributed by atoms with Crippen LogP contribution in [0.15, 0.2) is 24.3 Å². The van der Waals surface area contributed by atoms with Crippen molar-refractivity contribution in [3.05, 3.63) is 30.1 Å². The minimum atomic E-state index is -0.585. The van der Waals surface area contributed by atoms with Crippen LogP contribution in [0.25, 0.3) is 0 Å². The van der Waals surface area contributed by atoms with E-state index < -0.39 is 18.0 Å². The van der Waals surface area contributed by atoms with Crippen LogP contribution < -0.4 is 16.0 Å². The van der Waals surface area contributed by atoms with Crippen molar-refractivity contribution >= 4 is 17.6 Å². The van der Waals surface area contributed by atoms with Crippen molar-refractivity contribution in [3.8, 4) is 0 Å². The highest BCUT2D eigenvalue weighted by molar-refractivity contribution is 5.89. The van der Waals surface area contributed by atoms with E-state index in [1.807, 2.05) is 0 Å². The number of hydrogen-bond donors (Lipinski definition) is 4. The predicted octanol–water partition coefficient (Wildman–Crippen LogP) is 1.77. The van der Waals surface area contributed by atoms with Gasteiger partial charge in [0.05, 0.1) is 25.2 Å². The second kappa shape index (κ2) is 9.14. The topological polar surface area (TPSA) is 99.7 Å². The van der Waals surface area contributed by atoms with E-state index in [1.54, 1.807) is 6.07 Å². The molecule has 1 saturated carbocycles. The molecule has 3 atom stereocenters. The van der Waals surface area contributed by atoms with Crippen molar-refractivity contribution < 1.29 is 23.8 Å². The third-order valence-corrected chi connectivity index (χ3v) is 4.89. The van der Waals surface area contributed by atoms with Gasteiger partial charge in [0, 0.05) is 12.2 Å². The second-order valence-electron chi connectivity index (χ2n) is 7.22. The minimum absolute atomic E-state index is 0.0427. The average molecular weight is 379 g/mol. The van der Waals surface area contributed by atoms with E-state index in [1.165, 1.54) is 31.0 Å². The fourth-order valence-electron chi connectivity index (χ4n) is 3.21. The Hall–Kier alpha value is -2.19. The van der Waals surface area contributed by atoms with E-state index in [-0.39, 0.29) is 31.1 Å². The summed E-state index contributed by atoms with van der Waals surface area (Å²) < 4.78 is 19.0. The van der Waals surface area contributed by atoms with Crippen molar-refractivity contribution in [1.82, 2.24) is 10.6 Å². The fraction of sp³-hybridized carbons (Fsp3) is 0.579. The normalized spacial score (nSPS) is 24.9. The van der Waals surface area contributed by atoms with Gasteiger partial charge in [-0.05, 0) is 49.8 Å². The van der Waals surface area contributed by atoms with Crippen LogP contribution in [0.4, 0.5) is 14.9 Å². The lowest BCUT2D eigenvalue weighted by Gasteiger charge is -2.35.